The van der Waals surface area contributed by atoms with E-state index in [0.717, 1.165) is 17.2 Å². The average molecular weight is 218 g/mol. The molecule has 0 aromatic heterocycles. The highest BCUT2D eigenvalue weighted by Gasteiger charge is 2.43. The van der Waals surface area contributed by atoms with E-state index in [9.17, 15) is 0 Å². The van der Waals surface area contributed by atoms with E-state index in [1.165, 1.54) is 25.7 Å². The molecule has 0 saturated carbocycles. The summed E-state index contributed by atoms with van der Waals surface area (Å²) in [6, 6.07) is 11.3. The maximum atomic E-state index is 2.48. The Morgan fingerprint density at radius 2 is 1.93 bits per heavy atom. The van der Waals surface area contributed by atoms with Crippen molar-refractivity contribution in [2.45, 2.75) is 43.9 Å². The lowest BCUT2D eigenvalue weighted by atomic mass is 10.0. The van der Waals surface area contributed by atoms with E-state index in [1.807, 2.05) is 0 Å². The van der Waals surface area contributed by atoms with Crippen LogP contribution in [-0.2, 0) is 0 Å². The van der Waals surface area contributed by atoms with Gasteiger partial charge in [-0.2, -0.15) is 0 Å². The summed E-state index contributed by atoms with van der Waals surface area (Å²) < 4.78 is 0. The van der Waals surface area contributed by atoms with Gasteiger partial charge in [0.15, 0.2) is 0 Å². The maximum absolute atomic E-state index is 2.48. The van der Waals surface area contributed by atoms with Gasteiger partial charge in [0.2, 0.25) is 0 Å². The first-order valence-electron chi connectivity index (χ1n) is 6.19. The van der Waals surface area contributed by atoms with Crippen molar-refractivity contribution in [3.05, 3.63) is 30.3 Å². The largest absolute Gasteiger partial charge is 0.0687 e. The number of hydrogen-bond acceptors (Lipinski definition) is 0. The van der Waals surface area contributed by atoms with Crippen LogP contribution in [0.15, 0.2) is 30.3 Å². The van der Waals surface area contributed by atoms with Crippen LogP contribution in [0.5, 0.6) is 0 Å². The van der Waals surface area contributed by atoms with Crippen LogP contribution < -0.4 is 5.30 Å². The van der Waals surface area contributed by atoms with Gasteiger partial charge >= 0.3 is 0 Å². The van der Waals surface area contributed by atoms with Gasteiger partial charge < -0.3 is 0 Å². The zero-order valence-corrected chi connectivity index (χ0v) is 10.3. The zero-order chi connectivity index (χ0) is 10.3. The highest BCUT2D eigenvalue weighted by molar-refractivity contribution is 7.67. The second-order valence-electron chi connectivity index (χ2n) is 5.11. The van der Waals surface area contributed by atoms with Crippen LogP contribution in [-0.4, -0.2) is 11.3 Å². The molecule has 1 aromatic rings. The fourth-order valence-electron chi connectivity index (χ4n) is 3.49. The Morgan fingerprint density at radius 3 is 2.67 bits per heavy atom. The Labute approximate surface area is 93.8 Å². The third-order valence-corrected chi connectivity index (χ3v) is 7.77. The van der Waals surface area contributed by atoms with Crippen LogP contribution in [0.2, 0.25) is 0 Å². The topological polar surface area (TPSA) is 0 Å². The molecule has 1 aromatic carbocycles. The molecule has 0 N–H and O–H groups in total. The first-order chi connectivity index (χ1) is 7.36. The summed E-state index contributed by atoms with van der Waals surface area (Å²) in [7, 11) is 0.182. The second-order valence-corrected chi connectivity index (χ2v) is 7.83. The molecule has 0 radical (unpaired) electrons. The minimum absolute atomic E-state index is 0.182. The molecule has 4 atom stereocenters. The van der Waals surface area contributed by atoms with E-state index in [1.54, 1.807) is 5.30 Å². The standard InChI is InChI=1S/C14H19P/c1-11-10-13-8-5-9-14(11)15(13)12-6-3-2-4-7-12/h2-4,6-7,11,13-14H,5,8-10H2,1H3. The minimum Gasteiger partial charge on any atom is -0.0687 e. The Morgan fingerprint density at radius 1 is 1.13 bits per heavy atom. The average Bonchev–Trinajstić information content (AvgIpc) is 2.47. The zero-order valence-electron chi connectivity index (χ0n) is 9.39. The van der Waals surface area contributed by atoms with Crippen LogP contribution in [0.25, 0.3) is 0 Å². The van der Waals surface area contributed by atoms with E-state index < -0.39 is 0 Å². The molecule has 2 heterocycles. The fourth-order valence-corrected chi connectivity index (χ4v) is 7.50. The lowest BCUT2D eigenvalue weighted by molar-refractivity contribution is 0.552. The van der Waals surface area contributed by atoms with Crippen LogP contribution in [0.1, 0.15) is 32.6 Å². The Bertz CT molecular complexity index is 332. The van der Waals surface area contributed by atoms with Gasteiger partial charge in [-0.05, 0) is 41.8 Å². The molecule has 2 bridgehead atoms. The predicted molar refractivity (Wildman–Crippen MR) is 68.2 cm³/mol. The van der Waals surface area contributed by atoms with Crippen LogP contribution in [0.3, 0.4) is 0 Å². The van der Waals surface area contributed by atoms with Crippen molar-refractivity contribution in [1.29, 1.82) is 0 Å². The first-order valence-corrected chi connectivity index (χ1v) is 7.67. The highest BCUT2D eigenvalue weighted by Crippen LogP contribution is 2.62. The van der Waals surface area contributed by atoms with Gasteiger partial charge in [-0.1, -0.05) is 51.6 Å². The van der Waals surface area contributed by atoms with E-state index in [-0.39, 0.29) is 7.92 Å². The number of fused-ring (bicyclic) bond motifs is 2. The maximum Gasteiger partial charge on any atom is -0.0141 e. The summed E-state index contributed by atoms with van der Waals surface area (Å²) in [4.78, 5) is 0. The van der Waals surface area contributed by atoms with E-state index >= 15 is 0 Å². The third-order valence-electron chi connectivity index (χ3n) is 4.14. The number of rotatable bonds is 1. The molecule has 3 rings (SSSR count). The molecule has 80 valence electrons. The van der Waals surface area contributed by atoms with Crippen molar-refractivity contribution in [2.24, 2.45) is 5.92 Å². The lowest BCUT2D eigenvalue weighted by Gasteiger charge is -2.31. The summed E-state index contributed by atoms with van der Waals surface area (Å²) in [5.74, 6) is 0.990. The van der Waals surface area contributed by atoms with Crippen LogP contribution in [0.4, 0.5) is 0 Å². The summed E-state index contributed by atoms with van der Waals surface area (Å²) in [6.07, 6.45) is 6.00. The van der Waals surface area contributed by atoms with Gasteiger partial charge in [0.05, 0.1) is 0 Å². The summed E-state index contributed by atoms with van der Waals surface area (Å²) in [5.41, 5.74) is 2.09. The molecule has 2 aliphatic heterocycles. The Balaban J connectivity index is 1.93. The molecule has 2 saturated heterocycles. The van der Waals surface area contributed by atoms with Crippen molar-refractivity contribution >= 4 is 13.2 Å². The van der Waals surface area contributed by atoms with Gasteiger partial charge in [0, 0.05) is 0 Å². The number of hydrogen-bond donors (Lipinski definition) is 0. The normalized spacial score (nSPS) is 39.3. The predicted octanol–water partition coefficient (Wildman–Crippen LogP) is 3.75. The van der Waals surface area contributed by atoms with Gasteiger partial charge in [0.25, 0.3) is 0 Å². The Hall–Kier alpha value is -0.350. The molecule has 0 nitrogen and oxygen atoms in total. The van der Waals surface area contributed by atoms with E-state index in [0.29, 0.717) is 0 Å². The first kappa shape index (κ1) is 9.85. The molecular weight excluding hydrogens is 199 g/mol. The van der Waals surface area contributed by atoms with Crippen molar-refractivity contribution in [3.8, 4) is 0 Å². The third kappa shape index (κ3) is 1.64. The molecule has 4 unspecified atom stereocenters. The van der Waals surface area contributed by atoms with Crippen molar-refractivity contribution in [1.82, 2.24) is 0 Å². The van der Waals surface area contributed by atoms with Gasteiger partial charge in [-0.25, -0.2) is 0 Å². The molecule has 0 spiro atoms. The fraction of sp³-hybridized carbons (Fsp3) is 0.571. The van der Waals surface area contributed by atoms with Crippen molar-refractivity contribution in [3.63, 3.8) is 0 Å². The summed E-state index contributed by atoms with van der Waals surface area (Å²) >= 11 is 0. The quantitative estimate of drug-likeness (QED) is 0.630. The monoisotopic (exact) mass is 218 g/mol. The van der Waals surface area contributed by atoms with Crippen LogP contribution in [0, 0.1) is 5.92 Å². The van der Waals surface area contributed by atoms with Crippen LogP contribution >= 0.6 is 7.92 Å². The Kier molecular flexibility index (Phi) is 2.56. The van der Waals surface area contributed by atoms with Gasteiger partial charge in [-0.3, -0.25) is 0 Å². The SMILES string of the molecule is CC1CC2CCCC1P2c1ccccc1. The number of benzene rings is 1. The molecule has 0 amide bonds. The molecule has 2 fully saturated rings. The van der Waals surface area contributed by atoms with Crippen molar-refractivity contribution in [2.75, 3.05) is 0 Å². The molecule has 15 heavy (non-hydrogen) atoms. The minimum atomic E-state index is 0.182. The van der Waals surface area contributed by atoms with E-state index in [2.05, 4.69) is 37.3 Å². The molecule has 1 heteroatoms. The second kappa shape index (κ2) is 3.91. The molecule has 0 aliphatic carbocycles. The van der Waals surface area contributed by atoms with Gasteiger partial charge in [0.1, 0.15) is 0 Å². The van der Waals surface area contributed by atoms with Gasteiger partial charge in [-0.15, -0.1) is 0 Å². The van der Waals surface area contributed by atoms with Crippen molar-refractivity contribution < 1.29 is 0 Å². The lowest BCUT2D eigenvalue weighted by Crippen LogP contribution is -2.20. The smallest absolute Gasteiger partial charge is 0.0141 e. The molecule has 2 aliphatic rings. The van der Waals surface area contributed by atoms with E-state index in [4.69, 9.17) is 0 Å². The summed E-state index contributed by atoms with van der Waals surface area (Å²) in [6.45, 7) is 2.48. The summed E-state index contributed by atoms with van der Waals surface area (Å²) in [5, 5.41) is 1.67. The highest BCUT2D eigenvalue weighted by atomic mass is 31.1. The molecular formula is C14H19P.